The van der Waals surface area contributed by atoms with Gasteiger partial charge in [-0.3, -0.25) is 14.9 Å². The van der Waals surface area contributed by atoms with E-state index in [-0.39, 0.29) is 13.0 Å². The van der Waals surface area contributed by atoms with Gasteiger partial charge >= 0.3 is 6.09 Å². The zero-order chi connectivity index (χ0) is 20.0. The molecule has 0 unspecified atom stereocenters. The fraction of sp³-hybridized carbons (Fsp3) is 0.579. The maximum atomic E-state index is 12.5. The Balaban J connectivity index is 2.75. The minimum absolute atomic E-state index is 0.0298. The van der Waals surface area contributed by atoms with Crippen molar-refractivity contribution in [2.45, 2.75) is 65.1 Å². The van der Waals surface area contributed by atoms with E-state index in [1.165, 1.54) is 18.7 Å². The van der Waals surface area contributed by atoms with E-state index in [9.17, 15) is 19.7 Å². The summed E-state index contributed by atoms with van der Waals surface area (Å²) in [5.74, 6) is -0.452. The van der Waals surface area contributed by atoms with Gasteiger partial charge in [-0.15, -0.1) is 0 Å². The Morgan fingerprint density at radius 1 is 1.12 bits per heavy atom. The monoisotopic (exact) mass is 364 g/mol. The molecule has 1 amide bonds. The van der Waals surface area contributed by atoms with Crippen molar-refractivity contribution in [3.63, 3.8) is 0 Å². The molecule has 1 aromatic carbocycles. The van der Waals surface area contributed by atoms with Gasteiger partial charge in [-0.25, -0.2) is 4.79 Å². The van der Waals surface area contributed by atoms with Crippen LogP contribution in [0.1, 0.15) is 53.0 Å². The molecule has 0 saturated carbocycles. The fourth-order valence-electron chi connectivity index (χ4n) is 2.20. The maximum absolute atomic E-state index is 12.5. The van der Waals surface area contributed by atoms with Crippen molar-refractivity contribution in [1.82, 2.24) is 4.90 Å². The first-order valence-electron chi connectivity index (χ1n) is 8.63. The summed E-state index contributed by atoms with van der Waals surface area (Å²) in [5.41, 5.74) is -1.30. The van der Waals surface area contributed by atoms with Gasteiger partial charge in [-0.2, -0.15) is 0 Å². The highest BCUT2D eigenvalue weighted by Crippen LogP contribution is 2.16. The second-order valence-electron chi connectivity index (χ2n) is 7.73. The number of hydrogen-bond donors (Lipinski definition) is 0. The van der Waals surface area contributed by atoms with Crippen LogP contribution in [0.5, 0.6) is 0 Å². The molecule has 0 heterocycles. The Kier molecular flexibility index (Phi) is 7.29. The number of carbonyl (C=O) groups is 2. The normalized spacial score (nSPS) is 11.7. The lowest BCUT2D eigenvalue weighted by atomic mass is 9.96. The van der Waals surface area contributed by atoms with Gasteiger partial charge in [0.2, 0.25) is 5.78 Å². The van der Waals surface area contributed by atoms with E-state index in [1.54, 1.807) is 20.8 Å². The Morgan fingerprint density at radius 3 is 2.19 bits per heavy atom. The molecule has 0 aromatic heterocycles. The number of hydrogen-bond acceptors (Lipinski definition) is 5. The summed E-state index contributed by atoms with van der Waals surface area (Å²) < 4.78 is 5.43. The molecule has 144 valence electrons. The summed E-state index contributed by atoms with van der Waals surface area (Å²) in [7, 11) is 0. The molecule has 0 aliphatic heterocycles. The van der Waals surface area contributed by atoms with E-state index >= 15 is 0 Å². The number of benzene rings is 1. The van der Waals surface area contributed by atoms with E-state index in [0.717, 1.165) is 5.56 Å². The molecular formula is C19H28N2O5. The van der Waals surface area contributed by atoms with Gasteiger partial charge in [0.05, 0.1) is 0 Å². The number of nitrogens with zero attached hydrogens (tertiary/aromatic N) is 2. The number of nitro groups is 1. The van der Waals surface area contributed by atoms with Gasteiger partial charge in [0.15, 0.2) is 0 Å². The largest absolute Gasteiger partial charge is 0.444 e. The van der Waals surface area contributed by atoms with Gasteiger partial charge in [-0.1, -0.05) is 30.3 Å². The molecule has 7 heteroatoms. The van der Waals surface area contributed by atoms with Crippen LogP contribution in [0.3, 0.4) is 0 Å². The Labute approximate surface area is 154 Å². The van der Waals surface area contributed by atoms with Crippen LogP contribution in [0, 0.1) is 10.1 Å². The third-order valence-corrected chi connectivity index (χ3v) is 3.84. The van der Waals surface area contributed by atoms with E-state index < -0.39 is 27.9 Å². The highest BCUT2D eigenvalue weighted by atomic mass is 16.6. The zero-order valence-corrected chi connectivity index (χ0v) is 16.2. The lowest BCUT2D eigenvalue weighted by Gasteiger charge is -2.27. The molecule has 0 aliphatic carbocycles. The first-order valence-corrected chi connectivity index (χ1v) is 8.63. The highest BCUT2D eigenvalue weighted by Gasteiger charge is 2.39. The van der Waals surface area contributed by atoms with Crippen LogP contribution in [0.4, 0.5) is 4.79 Å². The van der Waals surface area contributed by atoms with Crippen molar-refractivity contribution in [2.24, 2.45) is 0 Å². The summed E-state index contributed by atoms with van der Waals surface area (Å²) >= 11 is 0. The van der Waals surface area contributed by atoms with E-state index in [0.29, 0.717) is 13.0 Å². The van der Waals surface area contributed by atoms with E-state index in [4.69, 9.17) is 4.74 Å². The lowest BCUT2D eigenvalue weighted by molar-refractivity contribution is -0.542. The van der Waals surface area contributed by atoms with Crippen molar-refractivity contribution in [2.75, 3.05) is 6.54 Å². The molecule has 0 aliphatic rings. The van der Waals surface area contributed by atoms with Crippen LogP contribution in [0.25, 0.3) is 0 Å². The van der Waals surface area contributed by atoms with Crippen LogP contribution in [-0.2, 0) is 16.1 Å². The Bertz CT molecular complexity index is 635. The summed E-state index contributed by atoms with van der Waals surface area (Å²) in [5, 5.41) is 11.0. The van der Waals surface area contributed by atoms with Gasteiger partial charge in [0.25, 0.3) is 5.54 Å². The number of ketones is 1. The Hall–Kier alpha value is -2.44. The van der Waals surface area contributed by atoms with Crippen molar-refractivity contribution >= 4 is 11.9 Å². The molecule has 7 nitrogen and oxygen atoms in total. The SMILES string of the molecule is CC(C)(C)OC(=O)N(CCCC(=O)C(C)(C)[N+](=O)[O-])Cc1ccccc1. The molecule has 0 saturated heterocycles. The summed E-state index contributed by atoms with van der Waals surface area (Å²) in [4.78, 5) is 36.4. The number of amides is 1. The van der Waals surface area contributed by atoms with Gasteiger partial charge in [-0.05, 0) is 32.8 Å². The van der Waals surface area contributed by atoms with Crippen LogP contribution >= 0.6 is 0 Å². The number of carbonyl (C=O) groups excluding carboxylic acids is 2. The minimum atomic E-state index is -1.61. The maximum Gasteiger partial charge on any atom is 0.410 e. The number of Topliss-reactive ketones (excluding diaryl/α,β-unsaturated/α-hetero) is 1. The number of ether oxygens (including phenoxy) is 1. The lowest BCUT2D eigenvalue weighted by Crippen LogP contribution is -2.41. The predicted molar refractivity (Wildman–Crippen MR) is 98.4 cm³/mol. The summed E-state index contributed by atoms with van der Waals surface area (Å²) in [6, 6.07) is 9.45. The number of rotatable bonds is 8. The van der Waals surface area contributed by atoms with Gasteiger partial charge in [0.1, 0.15) is 5.60 Å². The first-order chi connectivity index (χ1) is 11.9. The molecule has 0 atom stereocenters. The quantitative estimate of drug-likeness (QED) is 0.516. The third kappa shape index (κ3) is 6.82. The molecule has 1 rings (SSSR count). The van der Waals surface area contributed by atoms with Crippen LogP contribution < -0.4 is 0 Å². The van der Waals surface area contributed by atoms with Crippen LogP contribution in [0.15, 0.2) is 30.3 Å². The minimum Gasteiger partial charge on any atom is -0.444 e. The smallest absolute Gasteiger partial charge is 0.410 e. The topological polar surface area (TPSA) is 89.8 Å². The summed E-state index contributed by atoms with van der Waals surface area (Å²) in [6.45, 7) is 8.58. The van der Waals surface area contributed by atoms with E-state index in [2.05, 4.69) is 0 Å². The molecule has 26 heavy (non-hydrogen) atoms. The zero-order valence-electron chi connectivity index (χ0n) is 16.2. The standard InChI is InChI=1S/C19H28N2O5/c1-18(2,3)26-17(23)20(14-15-10-7-6-8-11-15)13-9-12-16(22)19(4,5)21(24)25/h6-8,10-11H,9,12-14H2,1-5H3. The van der Waals surface area contributed by atoms with Crippen molar-refractivity contribution in [1.29, 1.82) is 0 Å². The third-order valence-electron chi connectivity index (χ3n) is 3.84. The van der Waals surface area contributed by atoms with Crippen molar-refractivity contribution < 1.29 is 19.2 Å². The van der Waals surface area contributed by atoms with Crippen LogP contribution in [-0.4, -0.2) is 39.4 Å². The van der Waals surface area contributed by atoms with Crippen LogP contribution in [0.2, 0.25) is 0 Å². The highest BCUT2D eigenvalue weighted by molar-refractivity contribution is 5.86. The van der Waals surface area contributed by atoms with Crippen molar-refractivity contribution in [3.8, 4) is 0 Å². The molecule has 0 radical (unpaired) electrons. The molecule has 0 spiro atoms. The molecule has 0 bridgehead atoms. The van der Waals surface area contributed by atoms with Gasteiger partial charge in [0, 0.05) is 38.3 Å². The predicted octanol–water partition coefficient (Wildman–Crippen LogP) is 3.83. The second kappa shape index (κ2) is 8.78. The average Bonchev–Trinajstić information content (AvgIpc) is 2.52. The molecule has 1 aromatic rings. The average molecular weight is 364 g/mol. The molecular weight excluding hydrogens is 336 g/mol. The van der Waals surface area contributed by atoms with Crippen molar-refractivity contribution in [3.05, 3.63) is 46.0 Å². The molecule has 0 N–H and O–H groups in total. The van der Waals surface area contributed by atoms with Gasteiger partial charge < -0.3 is 9.64 Å². The Morgan fingerprint density at radius 2 is 1.69 bits per heavy atom. The fourth-order valence-corrected chi connectivity index (χ4v) is 2.20. The van der Waals surface area contributed by atoms with E-state index in [1.807, 2.05) is 30.3 Å². The summed E-state index contributed by atoms with van der Waals surface area (Å²) in [6.07, 6.45) is -0.105. The second-order valence-corrected chi connectivity index (χ2v) is 7.73. The molecule has 0 fully saturated rings. The first kappa shape index (κ1) is 21.6.